The van der Waals surface area contributed by atoms with E-state index in [1.807, 2.05) is 0 Å². The lowest BCUT2D eigenvalue weighted by Crippen LogP contribution is -2.35. The zero-order valence-corrected chi connectivity index (χ0v) is 12.0. The summed E-state index contributed by atoms with van der Waals surface area (Å²) in [7, 11) is 0. The first-order valence-electron chi connectivity index (χ1n) is 6.97. The first-order valence-corrected chi connectivity index (χ1v) is 7.51. The third kappa shape index (κ3) is 2.55. The zero-order valence-electron chi connectivity index (χ0n) is 11.3. The van der Waals surface area contributed by atoms with Gasteiger partial charge in [-0.05, 0) is 30.2 Å². The van der Waals surface area contributed by atoms with Crippen molar-refractivity contribution in [2.24, 2.45) is 5.92 Å². The molecule has 1 atom stereocenters. The van der Waals surface area contributed by atoms with E-state index in [9.17, 15) is 0 Å². The molecule has 2 nitrogen and oxygen atoms in total. The summed E-state index contributed by atoms with van der Waals surface area (Å²) in [5, 5.41) is 2.48. The van der Waals surface area contributed by atoms with E-state index in [0.717, 1.165) is 30.5 Å². The molecule has 1 saturated heterocycles. The van der Waals surface area contributed by atoms with Gasteiger partial charge in [-0.3, -0.25) is 0 Å². The summed E-state index contributed by atoms with van der Waals surface area (Å²) in [4.78, 5) is 7.19. The Morgan fingerprint density at radius 2 is 2.21 bits per heavy atom. The number of benzene rings is 1. The molecule has 1 aromatic carbocycles. The lowest BCUT2D eigenvalue weighted by molar-refractivity contribution is 0.445. The number of hydrogen-bond donors (Lipinski definition) is 0. The van der Waals surface area contributed by atoms with Crippen LogP contribution in [0.2, 0.25) is 0 Å². The molecule has 0 radical (unpaired) electrons. The number of anilines is 1. The number of alkyl halides is 1. The summed E-state index contributed by atoms with van der Waals surface area (Å²) in [6.07, 6.45) is 2.58. The molecule has 0 N–H and O–H groups in total. The van der Waals surface area contributed by atoms with E-state index in [1.54, 1.807) is 0 Å². The maximum Gasteiger partial charge on any atom is 0.136 e. The molecular formula is C16H19ClN2. The van der Waals surface area contributed by atoms with Crippen molar-refractivity contribution >= 4 is 28.2 Å². The Hall–Kier alpha value is -1.28. The Morgan fingerprint density at radius 1 is 1.37 bits per heavy atom. The first kappa shape index (κ1) is 12.7. The number of fused-ring (bicyclic) bond motifs is 1. The van der Waals surface area contributed by atoms with E-state index in [-0.39, 0.29) is 0 Å². The summed E-state index contributed by atoms with van der Waals surface area (Å²) >= 11 is 5.99. The largest absolute Gasteiger partial charge is 0.356 e. The van der Waals surface area contributed by atoms with Crippen LogP contribution in [-0.2, 0) is 5.88 Å². The van der Waals surface area contributed by atoms with Crippen molar-refractivity contribution in [2.75, 3.05) is 18.0 Å². The van der Waals surface area contributed by atoms with E-state index < -0.39 is 0 Å². The van der Waals surface area contributed by atoms with Crippen molar-refractivity contribution in [3.05, 3.63) is 36.0 Å². The third-order valence-corrected chi connectivity index (χ3v) is 4.14. The summed E-state index contributed by atoms with van der Waals surface area (Å²) in [5.41, 5.74) is 0.966. The monoisotopic (exact) mass is 274 g/mol. The van der Waals surface area contributed by atoms with Gasteiger partial charge in [0.1, 0.15) is 5.82 Å². The summed E-state index contributed by atoms with van der Waals surface area (Å²) in [5.74, 6) is 2.33. The predicted molar refractivity (Wildman–Crippen MR) is 81.9 cm³/mol. The van der Waals surface area contributed by atoms with E-state index in [4.69, 9.17) is 16.6 Å². The normalized spacial score (nSPS) is 19.9. The maximum atomic E-state index is 5.99. The lowest BCUT2D eigenvalue weighted by atomic mass is 9.99. The Bertz CT molecular complexity index is 582. The quantitative estimate of drug-likeness (QED) is 0.763. The van der Waals surface area contributed by atoms with Crippen LogP contribution in [-0.4, -0.2) is 18.1 Å². The van der Waals surface area contributed by atoms with Crippen molar-refractivity contribution < 1.29 is 0 Å². The fourth-order valence-electron chi connectivity index (χ4n) is 2.93. The highest BCUT2D eigenvalue weighted by atomic mass is 35.5. The van der Waals surface area contributed by atoms with Crippen molar-refractivity contribution in [3.63, 3.8) is 0 Å². The van der Waals surface area contributed by atoms with E-state index >= 15 is 0 Å². The van der Waals surface area contributed by atoms with Crippen LogP contribution in [0.4, 0.5) is 5.82 Å². The van der Waals surface area contributed by atoms with Gasteiger partial charge in [0.05, 0.1) is 11.6 Å². The molecule has 3 heteroatoms. The maximum absolute atomic E-state index is 5.99. The summed E-state index contributed by atoms with van der Waals surface area (Å²) < 4.78 is 0. The van der Waals surface area contributed by atoms with Crippen molar-refractivity contribution in [2.45, 2.75) is 25.6 Å². The van der Waals surface area contributed by atoms with Crippen LogP contribution < -0.4 is 4.90 Å². The van der Waals surface area contributed by atoms with Crippen molar-refractivity contribution in [1.29, 1.82) is 0 Å². The van der Waals surface area contributed by atoms with Crippen LogP contribution in [0, 0.1) is 5.92 Å². The van der Waals surface area contributed by atoms with Gasteiger partial charge in [-0.25, -0.2) is 4.98 Å². The average molecular weight is 275 g/mol. The topological polar surface area (TPSA) is 16.1 Å². The van der Waals surface area contributed by atoms with Gasteiger partial charge in [0.2, 0.25) is 0 Å². The van der Waals surface area contributed by atoms with Crippen LogP contribution in [0.25, 0.3) is 10.8 Å². The number of hydrogen-bond acceptors (Lipinski definition) is 2. The molecule has 1 aliphatic rings. The minimum Gasteiger partial charge on any atom is -0.356 e. The molecule has 1 aromatic heterocycles. The summed E-state index contributed by atoms with van der Waals surface area (Å²) in [6.45, 7) is 4.52. The molecular weight excluding hydrogens is 256 g/mol. The van der Waals surface area contributed by atoms with E-state index in [1.165, 1.54) is 23.6 Å². The van der Waals surface area contributed by atoms with Crippen LogP contribution in [0.3, 0.4) is 0 Å². The van der Waals surface area contributed by atoms with Gasteiger partial charge in [-0.1, -0.05) is 31.2 Å². The second-order valence-corrected chi connectivity index (χ2v) is 5.75. The number of nitrogens with zero attached hydrogens (tertiary/aromatic N) is 2. The Morgan fingerprint density at radius 3 is 3.00 bits per heavy atom. The fraction of sp³-hybridized carbons (Fsp3) is 0.438. The molecule has 1 fully saturated rings. The Balaban J connectivity index is 2.10. The Labute approximate surface area is 119 Å². The molecule has 2 aromatic rings. The smallest absolute Gasteiger partial charge is 0.136 e. The molecule has 0 saturated carbocycles. The van der Waals surface area contributed by atoms with Crippen molar-refractivity contribution in [1.82, 2.24) is 4.98 Å². The molecule has 1 unspecified atom stereocenters. The van der Waals surface area contributed by atoms with Gasteiger partial charge in [0, 0.05) is 18.5 Å². The second kappa shape index (κ2) is 5.38. The molecule has 0 spiro atoms. The zero-order chi connectivity index (χ0) is 13.2. The molecule has 1 aliphatic heterocycles. The lowest BCUT2D eigenvalue weighted by Gasteiger charge is -2.32. The minimum atomic E-state index is 0.473. The number of aromatic nitrogens is 1. The molecule has 0 amide bonds. The van der Waals surface area contributed by atoms with Crippen molar-refractivity contribution in [3.8, 4) is 0 Å². The third-order valence-electron chi connectivity index (χ3n) is 3.87. The van der Waals surface area contributed by atoms with Crippen LogP contribution >= 0.6 is 11.6 Å². The number of pyridine rings is 1. The molecule has 0 aliphatic carbocycles. The van der Waals surface area contributed by atoms with Crippen LogP contribution in [0.15, 0.2) is 30.3 Å². The number of halogens is 1. The van der Waals surface area contributed by atoms with Gasteiger partial charge >= 0.3 is 0 Å². The number of rotatable bonds is 2. The van der Waals surface area contributed by atoms with Gasteiger partial charge < -0.3 is 4.90 Å². The minimum absolute atomic E-state index is 0.473. The molecule has 3 rings (SSSR count). The Kier molecular flexibility index (Phi) is 3.61. The molecule has 19 heavy (non-hydrogen) atoms. The molecule has 2 heterocycles. The number of piperidine rings is 1. The van der Waals surface area contributed by atoms with Gasteiger partial charge in [0.15, 0.2) is 0 Å². The second-order valence-electron chi connectivity index (χ2n) is 5.49. The first-order chi connectivity index (χ1) is 9.28. The standard InChI is InChI=1S/C16H19ClN2/c1-12-5-4-8-19(11-12)16-15-7-3-2-6-13(15)9-14(10-17)18-16/h2-3,6-7,9,12H,4-5,8,10-11H2,1H3. The van der Waals surface area contributed by atoms with Crippen LogP contribution in [0.1, 0.15) is 25.5 Å². The fourth-order valence-corrected chi connectivity index (χ4v) is 3.06. The van der Waals surface area contributed by atoms with Gasteiger partial charge in [-0.2, -0.15) is 0 Å². The van der Waals surface area contributed by atoms with E-state index in [2.05, 4.69) is 42.2 Å². The average Bonchev–Trinajstić information content (AvgIpc) is 2.46. The SMILES string of the molecule is CC1CCCN(c2nc(CCl)cc3ccccc23)C1. The van der Waals surface area contributed by atoms with Crippen LogP contribution in [0.5, 0.6) is 0 Å². The highest BCUT2D eigenvalue weighted by Gasteiger charge is 2.19. The van der Waals surface area contributed by atoms with E-state index in [0.29, 0.717) is 5.88 Å². The molecule has 100 valence electrons. The van der Waals surface area contributed by atoms with Gasteiger partial charge in [-0.15, -0.1) is 11.6 Å². The molecule has 0 bridgehead atoms. The highest BCUT2D eigenvalue weighted by Crippen LogP contribution is 2.29. The highest BCUT2D eigenvalue weighted by molar-refractivity contribution is 6.17. The predicted octanol–water partition coefficient (Wildman–Crippen LogP) is 4.21. The summed E-state index contributed by atoms with van der Waals surface area (Å²) in [6, 6.07) is 10.6. The van der Waals surface area contributed by atoms with Gasteiger partial charge in [0.25, 0.3) is 0 Å².